The summed E-state index contributed by atoms with van der Waals surface area (Å²) in [5, 5.41) is 10.4. The Morgan fingerprint density at radius 1 is 1.25 bits per heavy atom. The standard InChI is InChI=1S/C19H22FN7O/c1-12(2)22-17-10-21-18-24-16(11-27(18)25-17)14-9-13(5-6-15(14)20)23-19(28)26-7-3-4-8-26/h5-6,9-12H,3-4,7-8H2,1-2H3,(H,22,25)(H,23,28). The Balaban J connectivity index is 1.61. The van der Waals surface area contributed by atoms with Gasteiger partial charge in [0.2, 0.25) is 0 Å². The number of anilines is 2. The number of aromatic nitrogens is 4. The van der Waals surface area contributed by atoms with E-state index in [-0.39, 0.29) is 17.6 Å². The van der Waals surface area contributed by atoms with Crippen LogP contribution in [0.3, 0.4) is 0 Å². The lowest BCUT2D eigenvalue weighted by atomic mass is 10.1. The molecular formula is C19H22FN7O. The molecular weight excluding hydrogens is 361 g/mol. The Morgan fingerprint density at radius 2 is 2.04 bits per heavy atom. The van der Waals surface area contributed by atoms with Crippen molar-refractivity contribution in [1.82, 2.24) is 24.5 Å². The molecule has 0 atom stereocenters. The van der Waals surface area contributed by atoms with Crippen molar-refractivity contribution < 1.29 is 9.18 Å². The van der Waals surface area contributed by atoms with Crippen LogP contribution in [0.2, 0.25) is 0 Å². The fourth-order valence-corrected chi connectivity index (χ4v) is 3.20. The third kappa shape index (κ3) is 3.73. The minimum atomic E-state index is -0.428. The average molecular weight is 383 g/mol. The van der Waals surface area contributed by atoms with E-state index >= 15 is 0 Å². The highest BCUT2D eigenvalue weighted by atomic mass is 19.1. The molecule has 1 fully saturated rings. The third-order valence-corrected chi connectivity index (χ3v) is 4.51. The van der Waals surface area contributed by atoms with Crippen molar-refractivity contribution in [2.45, 2.75) is 32.7 Å². The number of nitrogens with zero attached hydrogens (tertiary/aromatic N) is 5. The second kappa shape index (κ2) is 7.41. The molecule has 1 aliphatic rings. The number of carbonyl (C=O) groups excluding carboxylic acids is 1. The largest absolute Gasteiger partial charge is 0.365 e. The Hall–Kier alpha value is -3.23. The van der Waals surface area contributed by atoms with Crippen LogP contribution in [0.15, 0.2) is 30.6 Å². The zero-order valence-corrected chi connectivity index (χ0v) is 15.8. The summed E-state index contributed by atoms with van der Waals surface area (Å²) in [6.45, 7) is 5.50. The van der Waals surface area contributed by atoms with Crippen LogP contribution in [0.5, 0.6) is 0 Å². The van der Waals surface area contributed by atoms with Gasteiger partial charge in [0.15, 0.2) is 5.82 Å². The second-order valence-electron chi connectivity index (χ2n) is 7.13. The zero-order valence-electron chi connectivity index (χ0n) is 15.8. The molecule has 1 aromatic carbocycles. The van der Waals surface area contributed by atoms with Gasteiger partial charge in [-0.2, -0.15) is 0 Å². The highest BCUT2D eigenvalue weighted by Crippen LogP contribution is 2.26. The van der Waals surface area contributed by atoms with Crippen LogP contribution in [0, 0.1) is 5.82 Å². The Kier molecular flexibility index (Phi) is 4.81. The third-order valence-electron chi connectivity index (χ3n) is 4.51. The lowest BCUT2D eigenvalue weighted by Crippen LogP contribution is -2.32. The quantitative estimate of drug-likeness (QED) is 0.721. The fourth-order valence-electron chi connectivity index (χ4n) is 3.20. The molecule has 0 aliphatic carbocycles. The van der Waals surface area contributed by atoms with Gasteiger partial charge in [-0.1, -0.05) is 0 Å². The summed E-state index contributed by atoms with van der Waals surface area (Å²) in [5.74, 6) is 0.553. The van der Waals surface area contributed by atoms with Gasteiger partial charge in [0.25, 0.3) is 5.78 Å². The van der Waals surface area contributed by atoms with Gasteiger partial charge in [-0.15, -0.1) is 5.10 Å². The molecule has 0 radical (unpaired) electrons. The van der Waals surface area contributed by atoms with Crippen molar-refractivity contribution in [1.29, 1.82) is 0 Å². The first-order valence-electron chi connectivity index (χ1n) is 9.34. The monoisotopic (exact) mass is 383 g/mol. The minimum Gasteiger partial charge on any atom is -0.365 e. The van der Waals surface area contributed by atoms with Gasteiger partial charge in [-0.25, -0.2) is 23.7 Å². The summed E-state index contributed by atoms with van der Waals surface area (Å²) >= 11 is 0. The number of likely N-dealkylation sites (tertiary alicyclic amines) is 1. The molecule has 1 saturated heterocycles. The second-order valence-corrected chi connectivity index (χ2v) is 7.13. The lowest BCUT2D eigenvalue weighted by molar-refractivity contribution is 0.222. The van der Waals surface area contributed by atoms with Gasteiger partial charge in [-0.05, 0) is 44.9 Å². The molecule has 9 heteroatoms. The molecule has 28 heavy (non-hydrogen) atoms. The molecule has 146 valence electrons. The maximum atomic E-state index is 14.4. The van der Waals surface area contributed by atoms with E-state index in [4.69, 9.17) is 0 Å². The van der Waals surface area contributed by atoms with Gasteiger partial charge in [0.1, 0.15) is 5.82 Å². The highest BCUT2D eigenvalue weighted by molar-refractivity contribution is 5.90. The van der Waals surface area contributed by atoms with Crippen molar-refractivity contribution in [3.05, 3.63) is 36.4 Å². The van der Waals surface area contributed by atoms with E-state index in [9.17, 15) is 9.18 Å². The maximum Gasteiger partial charge on any atom is 0.321 e. The molecule has 4 rings (SSSR count). The van der Waals surface area contributed by atoms with Gasteiger partial charge < -0.3 is 15.5 Å². The number of nitrogens with one attached hydrogen (secondary N) is 2. The number of carbonyl (C=O) groups is 1. The highest BCUT2D eigenvalue weighted by Gasteiger charge is 2.19. The summed E-state index contributed by atoms with van der Waals surface area (Å²) in [7, 11) is 0. The molecule has 3 aromatic rings. The summed E-state index contributed by atoms with van der Waals surface area (Å²) in [4.78, 5) is 22.7. The first-order chi connectivity index (χ1) is 13.5. The van der Waals surface area contributed by atoms with Gasteiger partial charge >= 0.3 is 6.03 Å². The summed E-state index contributed by atoms with van der Waals surface area (Å²) in [5.41, 5.74) is 1.20. The average Bonchev–Trinajstić information content (AvgIpc) is 3.32. The number of hydrogen-bond acceptors (Lipinski definition) is 5. The smallest absolute Gasteiger partial charge is 0.321 e. The van der Waals surface area contributed by atoms with Crippen LogP contribution in [-0.2, 0) is 0 Å². The number of amides is 2. The number of fused-ring (bicyclic) bond motifs is 1. The first kappa shape index (κ1) is 18.1. The number of hydrogen-bond donors (Lipinski definition) is 2. The number of urea groups is 1. The van der Waals surface area contributed by atoms with Crippen molar-refractivity contribution in [2.24, 2.45) is 0 Å². The van der Waals surface area contributed by atoms with Crippen LogP contribution in [0.1, 0.15) is 26.7 Å². The van der Waals surface area contributed by atoms with Gasteiger partial charge in [0, 0.05) is 30.4 Å². The molecule has 2 aromatic heterocycles. The molecule has 0 spiro atoms. The van der Waals surface area contributed by atoms with Crippen LogP contribution in [0.25, 0.3) is 17.0 Å². The summed E-state index contributed by atoms with van der Waals surface area (Å²) < 4.78 is 16.0. The van der Waals surface area contributed by atoms with Crippen molar-refractivity contribution in [3.63, 3.8) is 0 Å². The van der Waals surface area contributed by atoms with Gasteiger partial charge in [0.05, 0.1) is 18.1 Å². The summed E-state index contributed by atoms with van der Waals surface area (Å²) in [6, 6.07) is 4.49. The van der Waals surface area contributed by atoms with Gasteiger partial charge in [-0.3, -0.25) is 0 Å². The number of imidazole rings is 1. The predicted octanol–water partition coefficient (Wildman–Crippen LogP) is 3.38. The van der Waals surface area contributed by atoms with Crippen molar-refractivity contribution in [3.8, 4) is 11.3 Å². The van der Waals surface area contributed by atoms with Crippen molar-refractivity contribution >= 4 is 23.3 Å². The van der Waals surface area contributed by atoms with E-state index in [2.05, 4.69) is 25.7 Å². The van der Waals surface area contributed by atoms with E-state index in [0.717, 1.165) is 25.9 Å². The van der Waals surface area contributed by atoms with Crippen LogP contribution < -0.4 is 10.6 Å². The molecule has 1 aliphatic heterocycles. The molecule has 8 nitrogen and oxygen atoms in total. The number of rotatable bonds is 4. The van der Waals surface area contributed by atoms with Crippen LogP contribution in [-0.4, -0.2) is 49.6 Å². The van der Waals surface area contributed by atoms with E-state index in [1.807, 2.05) is 13.8 Å². The Morgan fingerprint density at radius 3 is 2.79 bits per heavy atom. The van der Waals surface area contributed by atoms with E-state index < -0.39 is 5.82 Å². The molecule has 0 unspecified atom stereocenters. The normalized spacial score (nSPS) is 14.1. The minimum absolute atomic E-state index is 0.169. The van der Waals surface area contributed by atoms with Crippen LogP contribution >= 0.6 is 0 Å². The molecule has 0 saturated carbocycles. The van der Waals surface area contributed by atoms with Crippen molar-refractivity contribution in [2.75, 3.05) is 23.7 Å². The number of benzene rings is 1. The van der Waals surface area contributed by atoms with Crippen LogP contribution in [0.4, 0.5) is 20.7 Å². The summed E-state index contributed by atoms with van der Waals surface area (Å²) in [6.07, 6.45) is 5.24. The Bertz CT molecular complexity index is 1010. The lowest BCUT2D eigenvalue weighted by Gasteiger charge is -2.16. The molecule has 0 bridgehead atoms. The fraction of sp³-hybridized carbons (Fsp3) is 0.368. The predicted molar refractivity (Wildman–Crippen MR) is 105 cm³/mol. The van der Waals surface area contributed by atoms with E-state index in [1.54, 1.807) is 29.4 Å². The maximum absolute atomic E-state index is 14.4. The van der Waals surface area contributed by atoms with E-state index in [1.165, 1.54) is 10.6 Å². The van der Waals surface area contributed by atoms with E-state index in [0.29, 0.717) is 23.0 Å². The molecule has 3 heterocycles. The topological polar surface area (TPSA) is 87.4 Å². The zero-order chi connectivity index (χ0) is 19.7. The number of halogens is 1. The Labute approximate surface area is 161 Å². The SMILES string of the molecule is CC(C)Nc1cnc2nc(-c3cc(NC(=O)N4CCCC4)ccc3F)cn2n1. The molecule has 2 N–H and O–H groups in total. The molecule has 2 amide bonds. The first-order valence-corrected chi connectivity index (χ1v) is 9.34.